The third kappa shape index (κ3) is 7.26. The maximum absolute atomic E-state index is 13.0. The maximum Gasteiger partial charge on any atom is 0.410 e. The van der Waals surface area contributed by atoms with Crippen molar-refractivity contribution in [2.45, 2.75) is 103 Å². The van der Waals surface area contributed by atoms with Crippen LogP contribution in [0.4, 0.5) is 21.0 Å². The minimum absolute atomic E-state index is 0.0321. The molecule has 3 N–H and O–H groups in total. The number of carbonyl (C=O) groups is 2. The standard InChI is InChI=1S/C37H48N6O4/c1-35(2,3)46-33(44)42-20-8-10-30(42)32-38-23-29(39-32)26-17-14-24(15-18-26)12-13-25-16-19-27-28(22-25)41-37(7,40-27)31-11-9-21-43(31)34(45)47-36(4,5)6/h12-19,22-23,30-31,40-41H,8-11,20-21H2,1-7H3,(H,38,39)/b13-12+/t30-,31-,37?/m0/s1. The zero-order chi connectivity index (χ0) is 33.6. The third-order valence-corrected chi connectivity index (χ3v) is 8.86. The number of H-pyrrole nitrogens is 1. The molecule has 250 valence electrons. The lowest BCUT2D eigenvalue weighted by atomic mass is 10.0. The smallest absolute Gasteiger partial charge is 0.410 e. The Morgan fingerprint density at radius 2 is 1.43 bits per heavy atom. The van der Waals surface area contributed by atoms with Crippen molar-refractivity contribution in [2.24, 2.45) is 0 Å². The molecule has 3 aliphatic rings. The molecule has 3 aromatic rings. The third-order valence-electron chi connectivity index (χ3n) is 8.86. The monoisotopic (exact) mass is 640 g/mol. The van der Waals surface area contributed by atoms with Crippen molar-refractivity contribution in [3.05, 3.63) is 65.6 Å². The SMILES string of the molecule is CC(C)(C)OC(=O)N1CCC[C@H]1C1(C)Nc2ccc(/C=C/c3ccc(-c4cnc([C@@H]5CCCN5C(=O)OC(C)(C)C)[nH]4)cc3)cc2N1. The molecule has 0 aliphatic carbocycles. The number of hydrogen-bond acceptors (Lipinski definition) is 7. The molecule has 1 unspecified atom stereocenters. The van der Waals surface area contributed by atoms with Gasteiger partial charge in [-0.3, -0.25) is 4.90 Å². The first-order valence-corrected chi connectivity index (χ1v) is 16.7. The molecular formula is C37H48N6O4. The number of hydrogen-bond donors (Lipinski definition) is 3. The Morgan fingerprint density at radius 3 is 2.13 bits per heavy atom. The van der Waals surface area contributed by atoms with E-state index in [1.165, 1.54) is 0 Å². The molecule has 2 aromatic carbocycles. The number of anilines is 2. The summed E-state index contributed by atoms with van der Waals surface area (Å²) in [6.07, 6.45) is 9.11. The van der Waals surface area contributed by atoms with Crippen molar-refractivity contribution in [1.82, 2.24) is 19.8 Å². The van der Waals surface area contributed by atoms with Gasteiger partial charge in [-0.2, -0.15) is 0 Å². The van der Waals surface area contributed by atoms with Gasteiger partial charge < -0.3 is 30.0 Å². The summed E-state index contributed by atoms with van der Waals surface area (Å²) >= 11 is 0. The number of ether oxygens (including phenoxy) is 2. The molecule has 0 saturated carbocycles. The lowest BCUT2D eigenvalue weighted by Gasteiger charge is -2.38. The van der Waals surface area contributed by atoms with Crippen LogP contribution in [0.5, 0.6) is 0 Å². The molecule has 3 aliphatic heterocycles. The minimum atomic E-state index is -0.535. The van der Waals surface area contributed by atoms with Gasteiger partial charge in [-0.05, 0) is 103 Å². The first kappa shape index (κ1) is 32.5. The van der Waals surface area contributed by atoms with Crippen molar-refractivity contribution in [3.8, 4) is 11.3 Å². The number of carbonyl (C=O) groups excluding carboxylic acids is 2. The number of benzene rings is 2. The Hall–Kier alpha value is -4.47. The van der Waals surface area contributed by atoms with E-state index in [2.05, 4.69) is 82.1 Å². The van der Waals surface area contributed by atoms with Crippen LogP contribution >= 0.6 is 0 Å². The summed E-state index contributed by atoms with van der Waals surface area (Å²) in [7, 11) is 0. The summed E-state index contributed by atoms with van der Waals surface area (Å²) in [6, 6.07) is 14.5. The number of amides is 2. The molecule has 4 heterocycles. The molecule has 3 atom stereocenters. The summed E-state index contributed by atoms with van der Waals surface area (Å²) in [5.41, 5.74) is 4.58. The molecule has 1 aromatic heterocycles. The number of aromatic amines is 1. The van der Waals surface area contributed by atoms with Gasteiger partial charge in [0.2, 0.25) is 0 Å². The molecule has 47 heavy (non-hydrogen) atoms. The van der Waals surface area contributed by atoms with Crippen LogP contribution in [0, 0.1) is 0 Å². The van der Waals surface area contributed by atoms with Gasteiger partial charge in [-0.25, -0.2) is 14.6 Å². The summed E-state index contributed by atoms with van der Waals surface area (Å²) < 4.78 is 11.3. The van der Waals surface area contributed by atoms with E-state index in [1.807, 2.05) is 52.6 Å². The number of likely N-dealkylation sites (tertiary alicyclic amines) is 2. The Labute approximate surface area is 277 Å². The number of nitrogens with one attached hydrogen (secondary N) is 3. The van der Waals surface area contributed by atoms with Crippen LogP contribution in [0.25, 0.3) is 23.4 Å². The molecule has 10 nitrogen and oxygen atoms in total. The molecule has 0 spiro atoms. The Morgan fingerprint density at radius 1 is 0.830 bits per heavy atom. The molecule has 0 bridgehead atoms. The normalized spacial score (nSPS) is 22.7. The van der Waals surface area contributed by atoms with Gasteiger partial charge in [0.1, 0.15) is 22.7 Å². The van der Waals surface area contributed by atoms with Crippen molar-refractivity contribution >= 4 is 35.7 Å². The highest BCUT2D eigenvalue weighted by Gasteiger charge is 2.47. The highest BCUT2D eigenvalue weighted by atomic mass is 16.6. The fourth-order valence-electron chi connectivity index (χ4n) is 6.75. The molecule has 10 heteroatoms. The maximum atomic E-state index is 13.0. The summed E-state index contributed by atoms with van der Waals surface area (Å²) in [5.74, 6) is 0.786. The van der Waals surface area contributed by atoms with Crippen LogP contribution in [0.1, 0.15) is 97.1 Å². The Kier molecular flexibility index (Phi) is 8.48. The lowest BCUT2D eigenvalue weighted by Crippen LogP contribution is -2.57. The average molecular weight is 641 g/mol. The quantitative estimate of drug-likeness (QED) is 0.241. The van der Waals surface area contributed by atoms with Gasteiger partial charge in [-0.1, -0.05) is 42.5 Å². The number of fused-ring (bicyclic) bond motifs is 1. The molecule has 0 radical (unpaired) electrons. The van der Waals surface area contributed by atoms with E-state index in [9.17, 15) is 9.59 Å². The predicted molar refractivity (Wildman–Crippen MR) is 186 cm³/mol. The molecule has 2 amide bonds. The zero-order valence-corrected chi connectivity index (χ0v) is 28.6. The van der Waals surface area contributed by atoms with Crippen molar-refractivity contribution in [1.29, 1.82) is 0 Å². The average Bonchev–Trinajstić information content (AvgIpc) is 3.79. The summed E-state index contributed by atoms with van der Waals surface area (Å²) in [5, 5.41) is 7.31. The zero-order valence-electron chi connectivity index (χ0n) is 28.6. The van der Waals surface area contributed by atoms with Crippen molar-refractivity contribution < 1.29 is 19.1 Å². The predicted octanol–water partition coefficient (Wildman–Crippen LogP) is 8.27. The minimum Gasteiger partial charge on any atom is -0.444 e. The first-order chi connectivity index (χ1) is 22.2. The number of aromatic nitrogens is 2. The summed E-state index contributed by atoms with van der Waals surface area (Å²) in [6.45, 7) is 14.8. The second-order valence-electron chi connectivity index (χ2n) is 15.1. The molecular weight excluding hydrogens is 592 g/mol. The van der Waals surface area contributed by atoms with Crippen LogP contribution in [0.15, 0.2) is 48.7 Å². The van der Waals surface area contributed by atoms with E-state index >= 15 is 0 Å². The fraction of sp³-hybridized carbons (Fsp3) is 0.486. The van der Waals surface area contributed by atoms with Gasteiger partial charge in [0.25, 0.3) is 0 Å². The van der Waals surface area contributed by atoms with Crippen LogP contribution in [0.2, 0.25) is 0 Å². The highest BCUT2D eigenvalue weighted by molar-refractivity contribution is 5.82. The van der Waals surface area contributed by atoms with E-state index < -0.39 is 16.9 Å². The highest BCUT2D eigenvalue weighted by Crippen LogP contribution is 2.41. The van der Waals surface area contributed by atoms with Crippen molar-refractivity contribution in [3.63, 3.8) is 0 Å². The Balaban J connectivity index is 1.09. The van der Waals surface area contributed by atoms with Crippen LogP contribution < -0.4 is 10.6 Å². The van der Waals surface area contributed by atoms with Gasteiger partial charge in [-0.15, -0.1) is 0 Å². The Bertz CT molecular complexity index is 1650. The van der Waals surface area contributed by atoms with Crippen LogP contribution in [0.3, 0.4) is 0 Å². The van der Waals surface area contributed by atoms with E-state index in [-0.39, 0.29) is 24.3 Å². The van der Waals surface area contributed by atoms with E-state index in [4.69, 9.17) is 9.47 Å². The number of nitrogens with zero attached hydrogens (tertiary/aromatic N) is 3. The molecule has 2 fully saturated rings. The van der Waals surface area contributed by atoms with Gasteiger partial charge in [0, 0.05) is 13.1 Å². The lowest BCUT2D eigenvalue weighted by molar-refractivity contribution is 0.0184. The largest absolute Gasteiger partial charge is 0.444 e. The number of rotatable bonds is 5. The second-order valence-corrected chi connectivity index (χ2v) is 15.1. The van der Waals surface area contributed by atoms with E-state index in [1.54, 1.807) is 4.90 Å². The van der Waals surface area contributed by atoms with Gasteiger partial charge in [0.05, 0.1) is 35.3 Å². The first-order valence-electron chi connectivity index (χ1n) is 16.7. The number of imidazole rings is 1. The molecule has 2 saturated heterocycles. The van der Waals surface area contributed by atoms with Gasteiger partial charge >= 0.3 is 12.2 Å². The van der Waals surface area contributed by atoms with Crippen LogP contribution in [-0.2, 0) is 9.47 Å². The fourth-order valence-corrected chi connectivity index (χ4v) is 6.75. The second kappa shape index (κ2) is 12.3. The van der Waals surface area contributed by atoms with Crippen LogP contribution in [-0.4, -0.2) is 68.0 Å². The summed E-state index contributed by atoms with van der Waals surface area (Å²) in [4.78, 5) is 37.4. The topological polar surface area (TPSA) is 112 Å². The van der Waals surface area contributed by atoms with E-state index in [0.29, 0.717) is 13.1 Å². The molecule has 6 rings (SSSR count). The van der Waals surface area contributed by atoms with Crippen molar-refractivity contribution in [2.75, 3.05) is 23.7 Å². The van der Waals surface area contributed by atoms with Gasteiger partial charge in [0.15, 0.2) is 0 Å². The van der Waals surface area contributed by atoms with E-state index in [0.717, 1.165) is 65.3 Å².